The lowest BCUT2D eigenvalue weighted by atomic mass is 10.2. The third-order valence-corrected chi connectivity index (χ3v) is 2.07. The summed E-state index contributed by atoms with van der Waals surface area (Å²) < 4.78 is 61.5. The average molecular weight is 263 g/mol. The number of hydrogen-bond acceptors (Lipinski definition) is 2. The van der Waals surface area contributed by atoms with E-state index in [2.05, 4.69) is 0 Å². The van der Waals surface area contributed by atoms with Gasteiger partial charge in [0.15, 0.2) is 0 Å². The Bertz CT molecular complexity index is 265. The van der Waals surface area contributed by atoms with Crippen LogP contribution in [0.4, 0.5) is 22.0 Å². The quantitative estimate of drug-likeness (QED) is 0.768. The SMILES string of the molecule is CC(C)N(CCCO)C(=O)C(F)(F)C(F)(F)F. The first-order chi connectivity index (χ1) is 7.55. The highest BCUT2D eigenvalue weighted by Crippen LogP contribution is 2.37. The van der Waals surface area contributed by atoms with Crippen molar-refractivity contribution in [3.8, 4) is 0 Å². The Morgan fingerprint density at radius 3 is 2.00 bits per heavy atom. The summed E-state index contributed by atoms with van der Waals surface area (Å²) in [4.78, 5) is 11.5. The van der Waals surface area contributed by atoms with Gasteiger partial charge in [-0.1, -0.05) is 0 Å². The van der Waals surface area contributed by atoms with Crippen molar-refractivity contribution in [2.75, 3.05) is 13.2 Å². The van der Waals surface area contributed by atoms with Crippen LogP contribution >= 0.6 is 0 Å². The molecule has 0 spiro atoms. The lowest BCUT2D eigenvalue weighted by Gasteiger charge is -2.30. The molecule has 0 atom stereocenters. The number of nitrogens with zero attached hydrogens (tertiary/aromatic N) is 1. The minimum Gasteiger partial charge on any atom is -0.396 e. The van der Waals surface area contributed by atoms with Crippen LogP contribution in [0.3, 0.4) is 0 Å². The van der Waals surface area contributed by atoms with Gasteiger partial charge in [0, 0.05) is 19.2 Å². The van der Waals surface area contributed by atoms with Gasteiger partial charge in [-0.05, 0) is 20.3 Å². The summed E-state index contributed by atoms with van der Waals surface area (Å²) in [5.41, 5.74) is 0. The Hall–Kier alpha value is -0.920. The molecular weight excluding hydrogens is 249 g/mol. The Morgan fingerprint density at radius 1 is 1.24 bits per heavy atom. The van der Waals surface area contributed by atoms with Crippen LogP contribution in [0.2, 0.25) is 0 Å². The first kappa shape index (κ1) is 16.1. The van der Waals surface area contributed by atoms with E-state index in [9.17, 15) is 26.7 Å². The van der Waals surface area contributed by atoms with Gasteiger partial charge < -0.3 is 10.0 Å². The summed E-state index contributed by atoms with van der Waals surface area (Å²) in [6, 6.07) is -0.803. The molecule has 3 nitrogen and oxygen atoms in total. The van der Waals surface area contributed by atoms with Crippen LogP contribution in [-0.2, 0) is 4.79 Å². The Kier molecular flexibility index (Phi) is 5.31. The number of hydrogen-bond donors (Lipinski definition) is 1. The lowest BCUT2D eigenvalue weighted by Crippen LogP contribution is -2.54. The standard InChI is InChI=1S/C9H14F5NO2/c1-6(2)15(4-3-5-16)7(17)8(10,11)9(12,13)14/h6,16H,3-5H2,1-2H3. The zero-order valence-electron chi connectivity index (χ0n) is 9.39. The van der Waals surface area contributed by atoms with Gasteiger partial charge in [0.25, 0.3) is 0 Å². The molecule has 0 saturated heterocycles. The summed E-state index contributed by atoms with van der Waals surface area (Å²) in [5, 5.41) is 8.49. The van der Waals surface area contributed by atoms with Gasteiger partial charge in [0.1, 0.15) is 0 Å². The van der Waals surface area contributed by atoms with E-state index in [4.69, 9.17) is 5.11 Å². The van der Waals surface area contributed by atoms with Crippen molar-refractivity contribution in [2.24, 2.45) is 0 Å². The smallest absolute Gasteiger partial charge is 0.396 e. The number of aliphatic hydroxyl groups is 1. The van der Waals surface area contributed by atoms with Crippen LogP contribution < -0.4 is 0 Å². The molecule has 1 N–H and O–H groups in total. The number of halogens is 5. The summed E-state index contributed by atoms with van der Waals surface area (Å²) >= 11 is 0. The lowest BCUT2D eigenvalue weighted by molar-refractivity contribution is -0.275. The highest BCUT2D eigenvalue weighted by molar-refractivity contribution is 5.84. The first-order valence-electron chi connectivity index (χ1n) is 4.92. The minimum atomic E-state index is -5.91. The highest BCUT2D eigenvalue weighted by Gasteiger charge is 2.64. The van der Waals surface area contributed by atoms with Gasteiger partial charge in [-0.15, -0.1) is 0 Å². The van der Waals surface area contributed by atoms with Crippen LogP contribution in [-0.4, -0.2) is 47.2 Å². The van der Waals surface area contributed by atoms with Crippen molar-refractivity contribution in [3.05, 3.63) is 0 Å². The molecule has 0 aromatic rings. The maximum atomic E-state index is 12.8. The predicted octanol–water partition coefficient (Wildman–Crippen LogP) is 1.80. The van der Waals surface area contributed by atoms with E-state index in [1.165, 1.54) is 13.8 Å². The summed E-state index contributed by atoms with van der Waals surface area (Å²) in [5.74, 6) is -7.68. The Balaban J connectivity index is 4.96. The van der Waals surface area contributed by atoms with Gasteiger partial charge in [0.05, 0.1) is 0 Å². The third kappa shape index (κ3) is 3.79. The second-order valence-electron chi connectivity index (χ2n) is 3.74. The average Bonchev–Trinajstić information content (AvgIpc) is 2.15. The second kappa shape index (κ2) is 5.61. The van der Waals surface area contributed by atoms with Crippen molar-refractivity contribution >= 4 is 5.91 Å². The normalized spacial score (nSPS) is 13.0. The molecule has 8 heteroatoms. The van der Waals surface area contributed by atoms with E-state index in [1.807, 2.05) is 0 Å². The van der Waals surface area contributed by atoms with E-state index in [0.717, 1.165) is 0 Å². The van der Waals surface area contributed by atoms with Crippen LogP contribution in [0.5, 0.6) is 0 Å². The number of aliphatic hydroxyl groups excluding tert-OH is 1. The van der Waals surface area contributed by atoms with Crippen molar-refractivity contribution in [1.29, 1.82) is 0 Å². The molecule has 0 aliphatic carbocycles. The molecule has 0 aliphatic rings. The number of carbonyl (C=O) groups is 1. The summed E-state index contributed by atoms with van der Waals surface area (Å²) in [6.45, 7) is 1.90. The van der Waals surface area contributed by atoms with Crippen molar-refractivity contribution in [2.45, 2.75) is 38.4 Å². The maximum Gasteiger partial charge on any atom is 0.463 e. The first-order valence-corrected chi connectivity index (χ1v) is 4.92. The maximum absolute atomic E-state index is 12.8. The van der Waals surface area contributed by atoms with Gasteiger partial charge in [0.2, 0.25) is 0 Å². The molecule has 0 bridgehead atoms. The number of rotatable bonds is 5. The van der Waals surface area contributed by atoms with Gasteiger partial charge >= 0.3 is 18.0 Å². The molecule has 0 unspecified atom stereocenters. The fourth-order valence-corrected chi connectivity index (χ4v) is 1.14. The highest BCUT2D eigenvalue weighted by atomic mass is 19.4. The van der Waals surface area contributed by atoms with Crippen LogP contribution in [0.1, 0.15) is 20.3 Å². The molecule has 0 aliphatic heterocycles. The summed E-state index contributed by atoms with van der Waals surface area (Å²) in [7, 11) is 0. The van der Waals surface area contributed by atoms with E-state index in [-0.39, 0.29) is 13.0 Å². The Labute approximate surface area is 95.2 Å². The van der Waals surface area contributed by atoms with E-state index in [1.54, 1.807) is 0 Å². The number of amides is 1. The molecule has 0 aromatic carbocycles. The van der Waals surface area contributed by atoms with Crippen molar-refractivity contribution < 1.29 is 31.9 Å². The fourth-order valence-electron chi connectivity index (χ4n) is 1.14. The van der Waals surface area contributed by atoms with Crippen LogP contribution in [0.15, 0.2) is 0 Å². The molecule has 102 valence electrons. The molecule has 17 heavy (non-hydrogen) atoms. The van der Waals surface area contributed by atoms with Crippen molar-refractivity contribution in [1.82, 2.24) is 4.90 Å². The van der Waals surface area contributed by atoms with Crippen LogP contribution in [0, 0.1) is 0 Å². The molecule has 0 aromatic heterocycles. The predicted molar refractivity (Wildman–Crippen MR) is 49.6 cm³/mol. The fraction of sp³-hybridized carbons (Fsp3) is 0.889. The zero-order valence-corrected chi connectivity index (χ0v) is 9.39. The van der Waals surface area contributed by atoms with Gasteiger partial charge in [-0.25, -0.2) is 0 Å². The molecular formula is C9H14F5NO2. The van der Waals surface area contributed by atoms with Gasteiger partial charge in [-0.3, -0.25) is 4.79 Å². The van der Waals surface area contributed by atoms with Crippen molar-refractivity contribution in [3.63, 3.8) is 0 Å². The topological polar surface area (TPSA) is 40.5 Å². The molecule has 0 radical (unpaired) electrons. The minimum absolute atomic E-state index is 0.0577. The molecule has 0 saturated carbocycles. The zero-order chi connectivity index (χ0) is 13.9. The second-order valence-corrected chi connectivity index (χ2v) is 3.74. The van der Waals surface area contributed by atoms with Crippen LogP contribution in [0.25, 0.3) is 0 Å². The largest absolute Gasteiger partial charge is 0.463 e. The number of carbonyl (C=O) groups excluding carboxylic acids is 1. The van der Waals surface area contributed by atoms with E-state index < -0.39 is 30.7 Å². The molecule has 0 fully saturated rings. The Morgan fingerprint density at radius 2 is 1.71 bits per heavy atom. The number of alkyl halides is 5. The monoisotopic (exact) mass is 263 g/mol. The molecule has 1 amide bonds. The van der Waals surface area contributed by atoms with E-state index in [0.29, 0.717) is 4.90 Å². The third-order valence-electron chi connectivity index (χ3n) is 2.07. The van der Waals surface area contributed by atoms with E-state index >= 15 is 0 Å². The van der Waals surface area contributed by atoms with Gasteiger partial charge in [-0.2, -0.15) is 22.0 Å². The summed E-state index contributed by atoms with van der Waals surface area (Å²) in [6.07, 6.45) is -5.96. The molecule has 0 rings (SSSR count). The molecule has 0 heterocycles.